The normalized spacial score (nSPS) is 10.4. The molecule has 0 unspecified atom stereocenters. The van der Waals surface area contributed by atoms with E-state index < -0.39 is 0 Å². The summed E-state index contributed by atoms with van der Waals surface area (Å²) in [5.41, 5.74) is 3.93. The Balaban J connectivity index is 2.14. The van der Waals surface area contributed by atoms with Crippen molar-refractivity contribution in [2.45, 2.75) is 20.4 Å². The average molecular weight is 288 g/mol. The number of amides is 2. The molecule has 2 amide bonds. The zero-order chi connectivity index (χ0) is 15.2. The van der Waals surface area contributed by atoms with E-state index in [2.05, 4.69) is 15.7 Å². The largest absolute Gasteiger partial charge is 0.395 e. The Morgan fingerprint density at radius 3 is 2.71 bits per heavy atom. The third kappa shape index (κ3) is 3.82. The molecule has 0 atom stereocenters. The number of aliphatic hydroxyl groups excluding tert-OH is 1. The van der Waals surface area contributed by atoms with Crippen LogP contribution in [-0.2, 0) is 6.54 Å². The van der Waals surface area contributed by atoms with Gasteiger partial charge in [-0.1, -0.05) is 18.2 Å². The van der Waals surface area contributed by atoms with E-state index in [1.54, 1.807) is 0 Å². The molecule has 6 heteroatoms. The highest BCUT2D eigenvalue weighted by molar-refractivity contribution is 5.73. The van der Waals surface area contributed by atoms with Crippen molar-refractivity contribution >= 4 is 6.03 Å². The molecule has 0 fully saturated rings. The lowest BCUT2D eigenvalue weighted by Crippen LogP contribution is -2.36. The Hall–Kier alpha value is -2.34. The van der Waals surface area contributed by atoms with Gasteiger partial charge in [-0.3, -0.25) is 0 Å². The Labute approximate surface area is 123 Å². The summed E-state index contributed by atoms with van der Waals surface area (Å²) in [7, 11) is 0. The molecule has 0 bridgehead atoms. The van der Waals surface area contributed by atoms with Crippen LogP contribution in [0.15, 0.2) is 30.3 Å². The molecule has 6 nitrogen and oxygen atoms in total. The summed E-state index contributed by atoms with van der Waals surface area (Å²) in [6, 6.07) is 9.52. The van der Waals surface area contributed by atoms with E-state index in [0.29, 0.717) is 6.54 Å². The second kappa shape index (κ2) is 6.90. The fourth-order valence-corrected chi connectivity index (χ4v) is 2.15. The van der Waals surface area contributed by atoms with Crippen LogP contribution >= 0.6 is 0 Å². The minimum absolute atomic E-state index is 0.0736. The molecule has 1 aromatic heterocycles. The zero-order valence-electron chi connectivity index (χ0n) is 12.3. The number of para-hydroxylation sites is 1. The summed E-state index contributed by atoms with van der Waals surface area (Å²) in [5, 5.41) is 18.5. The highest BCUT2D eigenvalue weighted by atomic mass is 16.3. The monoisotopic (exact) mass is 288 g/mol. The van der Waals surface area contributed by atoms with Crippen molar-refractivity contribution in [1.82, 2.24) is 20.4 Å². The number of hydrogen-bond acceptors (Lipinski definition) is 3. The number of aliphatic hydroxyl groups is 1. The van der Waals surface area contributed by atoms with Crippen molar-refractivity contribution in [3.8, 4) is 5.69 Å². The predicted molar refractivity (Wildman–Crippen MR) is 80.4 cm³/mol. The lowest BCUT2D eigenvalue weighted by molar-refractivity contribution is 0.234. The van der Waals surface area contributed by atoms with Gasteiger partial charge in [-0.05, 0) is 31.5 Å². The van der Waals surface area contributed by atoms with Gasteiger partial charge < -0.3 is 15.7 Å². The van der Waals surface area contributed by atoms with E-state index in [1.165, 1.54) is 0 Å². The quantitative estimate of drug-likeness (QED) is 0.775. The molecule has 1 heterocycles. The molecular formula is C15H20N4O2. The highest BCUT2D eigenvalue weighted by Gasteiger charge is 2.09. The van der Waals surface area contributed by atoms with Crippen molar-refractivity contribution in [3.05, 3.63) is 47.3 Å². The molecule has 1 aromatic carbocycles. The number of nitrogens with zero attached hydrogens (tertiary/aromatic N) is 2. The molecule has 2 rings (SSSR count). The molecule has 0 radical (unpaired) electrons. The van der Waals surface area contributed by atoms with Gasteiger partial charge in [-0.2, -0.15) is 5.10 Å². The number of carbonyl (C=O) groups excluding carboxylic acids is 1. The maximum Gasteiger partial charge on any atom is 0.315 e. The number of urea groups is 1. The van der Waals surface area contributed by atoms with Gasteiger partial charge in [-0.15, -0.1) is 0 Å². The van der Waals surface area contributed by atoms with E-state index in [0.717, 1.165) is 22.6 Å². The lowest BCUT2D eigenvalue weighted by Gasteiger charge is -2.12. The topological polar surface area (TPSA) is 79.2 Å². The predicted octanol–water partition coefficient (Wildman–Crippen LogP) is 1.28. The van der Waals surface area contributed by atoms with E-state index in [9.17, 15) is 4.79 Å². The molecular weight excluding hydrogens is 268 g/mol. The summed E-state index contributed by atoms with van der Waals surface area (Å²) in [5.74, 6) is 0. The number of aryl methyl sites for hydroxylation is 2. The number of carbonyl (C=O) groups is 1. The third-order valence-electron chi connectivity index (χ3n) is 3.07. The molecule has 3 N–H and O–H groups in total. The Morgan fingerprint density at radius 2 is 2.05 bits per heavy atom. The Kier molecular flexibility index (Phi) is 4.94. The first-order chi connectivity index (χ1) is 10.1. The zero-order valence-corrected chi connectivity index (χ0v) is 12.3. The van der Waals surface area contributed by atoms with Gasteiger partial charge in [0.25, 0.3) is 0 Å². The lowest BCUT2D eigenvalue weighted by atomic mass is 10.1. The van der Waals surface area contributed by atoms with Crippen LogP contribution in [-0.4, -0.2) is 34.1 Å². The number of aromatic nitrogens is 2. The van der Waals surface area contributed by atoms with Gasteiger partial charge in [0, 0.05) is 18.8 Å². The molecule has 0 saturated heterocycles. The average Bonchev–Trinajstić information content (AvgIpc) is 2.81. The Bertz CT molecular complexity index is 622. The minimum atomic E-state index is -0.299. The molecule has 0 aliphatic heterocycles. The van der Waals surface area contributed by atoms with Gasteiger partial charge in [0.1, 0.15) is 0 Å². The number of rotatable bonds is 5. The van der Waals surface area contributed by atoms with Crippen LogP contribution in [0.1, 0.15) is 17.0 Å². The number of nitrogens with one attached hydrogen (secondary N) is 2. The maximum atomic E-state index is 11.5. The van der Waals surface area contributed by atoms with Crippen molar-refractivity contribution in [2.75, 3.05) is 13.2 Å². The number of hydrogen-bond donors (Lipinski definition) is 3. The number of benzene rings is 1. The second-order valence-electron chi connectivity index (χ2n) is 4.80. The first kappa shape index (κ1) is 15.1. The summed E-state index contributed by atoms with van der Waals surface area (Å²) < 4.78 is 1.87. The molecule has 0 spiro atoms. The molecule has 112 valence electrons. The van der Waals surface area contributed by atoms with Crippen molar-refractivity contribution in [3.63, 3.8) is 0 Å². The SMILES string of the molecule is Cc1cc(C)n(-c2ccccc2CNC(=O)NCCO)n1. The van der Waals surface area contributed by atoms with E-state index in [1.807, 2.05) is 48.9 Å². The van der Waals surface area contributed by atoms with Gasteiger partial charge in [0.15, 0.2) is 0 Å². The van der Waals surface area contributed by atoms with Gasteiger partial charge in [0.05, 0.1) is 18.0 Å². The molecule has 0 aliphatic carbocycles. The molecule has 21 heavy (non-hydrogen) atoms. The van der Waals surface area contributed by atoms with Crippen molar-refractivity contribution < 1.29 is 9.90 Å². The van der Waals surface area contributed by atoms with E-state index in [4.69, 9.17) is 5.11 Å². The van der Waals surface area contributed by atoms with E-state index >= 15 is 0 Å². The minimum Gasteiger partial charge on any atom is -0.395 e. The van der Waals surface area contributed by atoms with E-state index in [-0.39, 0.29) is 19.2 Å². The summed E-state index contributed by atoms with van der Waals surface area (Å²) in [4.78, 5) is 11.5. The van der Waals surface area contributed by atoms with Crippen LogP contribution in [0.25, 0.3) is 5.69 Å². The summed E-state index contributed by atoms with van der Waals surface area (Å²) in [6.07, 6.45) is 0. The first-order valence-electron chi connectivity index (χ1n) is 6.86. The van der Waals surface area contributed by atoms with Crippen LogP contribution < -0.4 is 10.6 Å². The van der Waals surface area contributed by atoms with Gasteiger partial charge in [0.2, 0.25) is 0 Å². The summed E-state index contributed by atoms with van der Waals surface area (Å²) >= 11 is 0. The van der Waals surface area contributed by atoms with Gasteiger partial charge >= 0.3 is 6.03 Å². The standard InChI is InChI=1S/C15H20N4O2/c1-11-9-12(2)19(18-11)14-6-4-3-5-13(14)10-17-15(21)16-7-8-20/h3-6,9,20H,7-8,10H2,1-2H3,(H2,16,17,21). The van der Waals surface area contributed by atoms with Crippen molar-refractivity contribution in [2.24, 2.45) is 0 Å². The highest BCUT2D eigenvalue weighted by Crippen LogP contribution is 2.16. The van der Waals surface area contributed by atoms with Crippen LogP contribution in [0.3, 0.4) is 0 Å². The Morgan fingerprint density at radius 1 is 1.29 bits per heavy atom. The van der Waals surface area contributed by atoms with Crippen molar-refractivity contribution in [1.29, 1.82) is 0 Å². The van der Waals surface area contributed by atoms with Gasteiger partial charge in [-0.25, -0.2) is 9.48 Å². The van der Waals surface area contributed by atoms with Crippen LogP contribution in [0.4, 0.5) is 4.79 Å². The fraction of sp³-hybridized carbons (Fsp3) is 0.333. The maximum absolute atomic E-state index is 11.5. The second-order valence-corrected chi connectivity index (χ2v) is 4.80. The molecule has 0 saturated carbocycles. The smallest absolute Gasteiger partial charge is 0.315 e. The van der Waals surface area contributed by atoms with Crippen LogP contribution in [0.2, 0.25) is 0 Å². The van der Waals surface area contributed by atoms with Crippen LogP contribution in [0.5, 0.6) is 0 Å². The third-order valence-corrected chi connectivity index (χ3v) is 3.07. The van der Waals surface area contributed by atoms with Crippen LogP contribution in [0, 0.1) is 13.8 Å². The fourth-order valence-electron chi connectivity index (χ4n) is 2.15. The molecule has 2 aromatic rings. The summed E-state index contributed by atoms with van der Waals surface area (Å²) in [6.45, 7) is 4.51. The first-order valence-corrected chi connectivity index (χ1v) is 6.86. The molecule has 0 aliphatic rings.